The largest absolute Gasteiger partial charge is 0.486 e. The Balaban J connectivity index is 1.28. The van der Waals surface area contributed by atoms with E-state index < -0.39 is 0 Å². The van der Waals surface area contributed by atoms with Gasteiger partial charge in [-0.1, -0.05) is 23.8 Å². The Kier molecular flexibility index (Phi) is 7.81. The number of carbonyl (C=O) groups is 2. The molecule has 6 nitrogen and oxygen atoms in total. The highest BCUT2D eigenvalue weighted by Crippen LogP contribution is 2.30. The number of amides is 1. The second kappa shape index (κ2) is 10.8. The fourth-order valence-electron chi connectivity index (χ4n) is 2.75. The van der Waals surface area contributed by atoms with Gasteiger partial charge in [-0.15, -0.1) is 11.8 Å². The van der Waals surface area contributed by atoms with Crippen molar-refractivity contribution in [2.24, 2.45) is 0 Å². The van der Waals surface area contributed by atoms with E-state index in [4.69, 9.17) is 14.2 Å². The Morgan fingerprint density at radius 1 is 1.07 bits per heavy atom. The zero-order valence-corrected chi connectivity index (χ0v) is 17.3. The fourth-order valence-corrected chi connectivity index (χ4v) is 3.58. The van der Waals surface area contributed by atoms with Gasteiger partial charge in [-0.3, -0.25) is 9.59 Å². The first kappa shape index (κ1) is 21.0. The van der Waals surface area contributed by atoms with Gasteiger partial charge in [0.2, 0.25) is 0 Å². The van der Waals surface area contributed by atoms with Crippen LogP contribution in [0.4, 0.5) is 0 Å². The number of nitrogens with one attached hydrogen (secondary N) is 1. The molecule has 1 aliphatic heterocycles. The summed E-state index contributed by atoms with van der Waals surface area (Å²) < 4.78 is 16.1. The predicted molar refractivity (Wildman–Crippen MR) is 112 cm³/mol. The summed E-state index contributed by atoms with van der Waals surface area (Å²) in [6.07, 6.45) is 0.923. The van der Waals surface area contributed by atoms with E-state index in [1.54, 1.807) is 11.8 Å². The molecule has 1 heterocycles. The van der Waals surface area contributed by atoms with Crippen molar-refractivity contribution in [3.8, 4) is 11.5 Å². The van der Waals surface area contributed by atoms with Crippen molar-refractivity contribution in [2.75, 3.05) is 32.1 Å². The second-order valence-electron chi connectivity index (χ2n) is 6.65. The van der Waals surface area contributed by atoms with Crippen LogP contribution in [0.1, 0.15) is 17.5 Å². The predicted octanol–water partition coefficient (Wildman–Crippen LogP) is 3.15. The first-order valence-electron chi connectivity index (χ1n) is 9.60. The quantitative estimate of drug-likeness (QED) is 0.501. The summed E-state index contributed by atoms with van der Waals surface area (Å²) >= 11 is 1.59. The highest BCUT2D eigenvalue weighted by atomic mass is 32.2. The van der Waals surface area contributed by atoms with Gasteiger partial charge >= 0.3 is 5.97 Å². The maximum Gasteiger partial charge on any atom is 0.307 e. The van der Waals surface area contributed by atoms with Crippen LogP contribution in [0.2, 0.25) is 0 Å². The van der Waals surface area contributed by atoms with Gasteiger partial charge in [0.1, 0.15) is 13.2 Å². The van der Waals surface area contributed by atoms with E-state index >= 15 is 0 Å². The molecule has 2 aromatic rings. The Bertz CT molecular complexity index is 838. The zero-order valence-electron chi connectivity index (χ0n) is 16.4. The molecule has 0 spiro atoms. The van der Waals surface area contributed by atoms with Gasteiger partial charge in [0.25, 0.3) is 5.91 Å². The first-order valence-corrected chi connectivity index (χ1v) is 10.6. The number of carbonyl (C=O) groups excluding carboxylic acids is 2. The number of aryl methyl sites for hydroxylation is 1. The average Bonchev–Trinajstić information content (AvgIpc) is 2.73. The third-order valence-electron chi connectivity index (χ3n) is 4.30. The third-order valence-corrected chi connectivity index (χ3v) is 5.32. The lowest BCUT2D eigenvalue weighted by molar-refractivity contribution is -0.148. The smallest absolute Gasteiger partial charge is 0.307 e. The molecular formula is C22H25NO5S. The van der Waals surface area contributed by atoms with Crippen LogP contribution in [0.5, 0.6) is 11.5 Å². The minimum Gasteiger partial charge on any atom is -0.486 e. The zero-order chi connectivity index (χ0) is 20.5. The molecule has 0 bridgehead atoms. The summed E-state index contributed by atoms with van der Waals surface area (Å²) in [5, 5.41) is 2.76. The highest BCUT2D eigenvalue weighted by Gasteiger charge is 2.12. The Labute approximate surface area is 174 Å². The van der Waals surface area contributed by atoms with E-state index in [0.29, 0.717) is 31.9 Å². The third kappa shape index (κ3) is 7.02. The van der Waals surface area contributed by atoms with Crippen molar-refractivity contribution in [2.45, 2.75) is 24.7 Å². The van der Waals surface area contributed by atoms with Crippen molar-refractivity contribution >= 4 is 23.6 Å². The normalized spacial score (nSPS) is 12.3. The van der Waals surface area contributed by atoms with Gasteiger partial charge in [0.05, 0.1) is 6.42 Å². The van der Waals surface area contributed by atoms with E-state index in [9.17, 15) is 9.59 Å². The van der Waals surface area contributed by atoms with Crippen molar-refractivity contribution in [3.05, 3.63) is 53.6 Å². The summed E-state index contributed by atoms with van der Waals surface area (Å²) in [6.45, 7) is 3.34. The van der Waals surface area contributed by atoms with Crippen molar-refractivity contribution in [1.29, 1.82) is 0 Å². The van der Waals surface area contributed by atoms with Gasteiger partial charge < -0.3 is 19.5 Å². The van der Waals surface area contributed by atoms with Crippen LogP contribution in [-0.4, -0.2) is 44.0 Å². The van der Waals surface area contributed by atoms with Gasteiger partial charge in [0.15, 0.2) is 18.1 Å². The SMILES string of the molecule is Cc1ccc(SCCC(=O)OCC(=O)NCCc2ccc3c(c2)OCCO3)cc1. The molecule has 0 fully saturated rings. The van der Waals surface area contributed by atoms with E-state index in [1.807, 2.05) is 49.4 Å². The molecular weight excluding hydrogens is 390 g/mol. The topological polar surface area (TPSA) is 73.9 Å². The molecule has 154 valence electrons. The van der Waals surface area contributed by atoms with Crippen LogP contribution in [0.15, 0.2) is 47.4 Å². The molecule has 0 aliphatic carbocycles. The van der Waals surface area contributed by atoms with E-state index in [1.165, 1.54) is 5.56 Å². The van der Waals surface area contributed by atoms with Crippen LogP contribution in [0, 0.1) is 6.92 Å². The molecule has 1 amide bonds. The van der Waals surface area contributed by atoms with E-state index in [0.717, 1.165) is 22.0 Å². The van der Waals surface area contributed by atoms with Crippen LogP contribution >= 0.6 is 11.8 Å². The number of fused-ring (bicyclic) bond motifs is 1. The van der Waals surface area contributed by atoms with E-state index in [-0.39, 0.29) is 24.9 Å². The maximum absolute atomic E-state index is 11.9. The second-order valence-corrected chi connectivity index (χ2v) is 7.82. The van der Waals surface area contributed by atoms with Crippen molar-refractivity contribution in [3.63, 3.8) is 0 Å². The lowest BCUT2D eigenvalue weighted by Crippen LogP contribution is -2.30. The highest BCUT2D eigenvalue weighted by molar-refractivity contribution is 7.99. The average molecular weight is 416 g/mol. The molecule has 0 radical (unpaired) electrons. The molecule has 1 aliphatic rings. The summed E-state index contributed by atoms with van der Waals surface area (Å²) in [5.74, 6) is 1.43. The lowest BCUT2D eigenvalue weighted by atomic mass is 10.1. The summed E-state index contributed by atoms with van der Waals surface area (Å²) in [5.41, 5.74) is 2.24. The Hall–Kier alpha value is -2.67. The molecule has 0 atom stereocenters. The van der Waals surface area contributed by atoms with Gasteiger partial charge in [-0.25, -0.2) is 0 Å². The molecule has 29 heavy (non-hydrogen) atoms. The number of ether oxygens (including phenoxy) is 3. The number of hydrogen-bond acceptors (Lipinski definition) is 6. The molecule has 0 saturated heterocycles. The minimum atomic E-state index is -0.369. The van der Waals surface area contributed by atoms with Crippen LogP contribution in [0.3, 0.4) is 0 Å². The molecule has 7 heteroatoms. The van der Waals surface area contributed by atoms with Crippen LogP contribution in [0.25, 0.3) is 0 Å². The first-order chi connectivity index (χ1) is 14.1. The molecule has 1 N–H and O–H groups in total. The van der Waals surface area contributed by atoms with Crippen molar-refractivity contribution in [1.82, 2.24) is 5.32 Å². The molecule has 2 aromatic carbocycles. The molecule has 0 unspecified atom stereocenters. The number of hydrogen-bond donors (Lipinski definition) is 1. The van der Waals surface area contributed by atoms with E-state index in [2.05, 4.69) is 5.32 Å². The standard InChI is InChI=1S/C22H25NO5S/c1-16-2-5-18(6-3-16)29-13-9-22(25)28-15-21(24)23-10-8-17-4-7-19-20(14-17)27-12-11-26-19/h2-7,14H,8-13,15H2,1H3,(H,23,24). The molecule has 0 aromatic heterocycles. The number of thioether (sulfide) groups is 1. The Morgan fingerprint density at radius 2 is 1.83 bits per heavy atom. The Morgan fingerprint density at radius 3 is 2.62 bits per heavy atom. The number of benzene rings is 2. The minimum absolute atomic E-state index is 0.255. The number of rotatable bonds is 9. The fraction of sp³-hybridized carbons (Fsp3) is 0.364. The number of esters is 1. The van der Waals surface area contributed by atoms with Crippen molar-refractivity contribution < 1.29 is 23.8 Å². The summed E-state index contributed by atoms with van der Waals surface area (Å²) in [6, 6.07) is 13.9. The monoisotopic (exact) mass is 415 g/mol. The van der Waals surface area contributed by atoms with Crippen LogP contribution in [-0.2, 0) is 20.7 Å². The molecule has 0 saturated carbocycles. The van der Waals surface area contributed by atoms with Crippen LogP contribution < -0.4 is 14.8 Å². The summed E-state index contributed by atoms with van der Waals surface area (Å²) in [4.78, 5) is 24.8. The summed E-state index contributed by atoms with van der Waals surface area (Å²) in [7, 11) is 0. The van der Waals surface area contributed by atoms with Gasteiger partial charge in [-0.2, -0.15) is 0 Å². The van der Waals surface area contributed by atoms with Gasteiger partial charge in [-0.05, 0) is 43.2 Å². The van der Waals surface area contributed by atoms with Gasteiger partial charge in [0, 0.05) is 17.2 Å². The maximum atomic E-state index is 11.9. The lowest BCUT2D eigenvalue weighted by Gasteiger charge is -2.18. The molecule has 3 rings (SSSR count).